The second kappa shape index (κ2) is 9.70. The molecule has 8 nitrogen and oxygen atoms in total. The van der Waals surface area contributed by atoms with E-state index in [1.807, 2.05) is 18.2 Å². The first-order valence-corrected chi connectivity index (χ1v) is 10.6. The van der Waals surface area contributed by atoms with Crippen molar-refractivity contribution in [2.45, 2.75) is 13.0 Å². The Morgan fingerprint density at radius 1 is 1.06 bits per heavy atom. The predicted octanol–water partition coefficient (Wildman–Crippen LogP) is 1.93. The van der Waals surface area contributed by atoms with Crippen molar-refractivity contribution in [3.63, 3.8) is 0 Å². The number of piperazine rings is 1. The average Bonchev–Trinajstić information content (AvgIpc) is 3.12. The minimum absolute atomic E-state index is 0.0314. The third kappa shape index (κ3) is 5.08. The highest BCUT2D eigenvalue weighted by Gasteiger charge is 2.17. The van der Waals surface area contributed by atoms with Crippen LogP contribution in [0.15, 0.2) is 57.7 Å². The summed E-state index contributed by atoms with van der Waals surface area (Å²) in [4.78, 5) is 29.0. The first-order chi connectivity index (χ1) is 15.1. The highest BCUT2D eigenvalue weighted by Crippen LogP contribution is 2.20. The predicted molar refractivity (Wildman–Crippen MR) is 120 cm³/mol. The number of para-hydroxylation sites is 2. The van der Waals surface area contributed by atoms with E-state index in [1.54, 1.807) is 25.3 Å². The summed E-state index contributed by atoms with van der Waals surface area (Å²) in [5, 5.41) is 2.91. The van der Waals surface area contributed by atoms with Crippen LogP contribution in [0.5, 0.6) is 5.75 Å². The third-order valence-electron chi connectivity index (χ3n) is 5.66. The number of aromatic nitrogens is 1. The summed E-state index contributed by atoms with van der Waals surface area (Å²) in [6.07, 6.45) is 0.870. The highest BCUT2D eigenvalue weighted by molar-refractivity contribution is 5.79. The van der Waals surface area contributed by atoms with Gasteiger partial charge in [-0.2, -0.15) is 0 Å². The number of nitrogens with one attached hydrogen (secondary N) is 1. The molecule has 1 aromatic heterocycles. The number of fused-ring (bicyclic) bond motifs is 1. The molecule has 0 atom stereocenters. The summed E-state index contributed by atoms with van der Waals surface area (Å²) in [6, 6.07) is 15.3. The van der Waals surface area contributed by atoms with Crippen molar-refractivity contribution in [3.8, 4) is 5.75 Å². The largest absolute Gasteiger partial charge is 0.497 e. The molecule has 1 fully saturated rings. The lowest BCUT2D eigenvalue weighted by Gasteiger charge is -2.36. The zero-order chi connectivity index (χ0) is 21.6. The van der Waals surface area contributed by atoms with Crippen LogP contribution in [-0.4, -0.2) is 61.8 Å². The van der Waals surface area contributed by atoms with Gasteiger partial charge < -0.3 is 19.4 Å². The zero-order valence-corrected chi connectivity index (χ0v) is 17.8. The van der Waals surface area contributed by atoms with Crippen molar-refractivity contribution < 1.29 is 13.9 Å². The fraction of sp³-hybridized carbons (Fsp3) is 0.391. The average molecular weight is 425 g/mol. The molecule has 1 saturated heterocycles. The van der Waals surface area contributed by atoms with Gasteiger partial charge in [-0.15, -0.1) is 0 Å². The number of ether oxygens (including phenoxy) is 1. The van der Waals surface area contributed by atoms with Crippen molar-refractivity contribution in [2.75, 3.05) is 51.3 Å². The number of carbonyl (C=O) groups is 1. The van der Waals surface area contributed by atoms with E-state index < -0.39 is 5.76 Å². The summed E-state index contributed by atoms with van der Waals surface area (Å²) in [5.41, 5.74) is 2.35. The Morgan fingerprint density at radius 3 is 2.55 bits per heavy atom. The van der Waals surface area contributed by atoms with Gasteiger partial charge in [0.15, 0.2) is 5.58 Å². The number of rotatable bonds is 8. The van der Waals surface area contributed by atoms with Gasteiger partial charge in [-0.05, 0) is 49.4 Å². The fourth-order valence-electron chi connectivity index (χ4n) is 3.92. The lowest BCUT2D eigenvalue weighted by Crippen LogP contribution is -2.47. The van der Waals surface area contributed by atoms with Crippen LogP contribution in [0.2, 0.25) is 0 Å². The van der Waals surface area contributed by atoms with Gasteiger partial charge in [0.25, 0.3) is 0 Å². The quantitative estimate of drug-likeness (QED) is 0.557. The Balaban J connectivity index is 1.17. The van der Waals surface area contributed by atoms with Crippen molar-refractivity contribution in [3.05, 3.63) is 59.1 Å². The SMILES string of the molecule is COc1ccc(N2CCN(CCCNC(=O)Cn3c(=O)oc4ccccc43)CC2)cc1. The molecule has 0 spiro atoms. The number of hydrogen-bond donors (Lipinski definition) is 1. The maximum Gasteiger partial charge on any atom is 0.420 e. The second-order valence-electron chi connectivity index (χ2n) is 7.65. The van der Waals surface area contributed by atoms with E-state index >= 15 is 0 Å². The third-order valence-corrected chi connectivity index (χ3v) is 5.66. The van der Waals surface area contributed by atoms with Crippen LogP contribution in [0, 0.1) is 0 Å². The molecule has 2 aromatic carbocycles. The molecule has 0 radical (unpaired) electrons. The number of carbonyl (C=O) groups excluding carboxylic acids is 1. The Kier molecular flexibility index (Phi) is 6.57. The first kappa shape index (κ1) is 21.0. The zero-order valence-electron chi connectivity index (χ0n) is 17.8. The van der Waals surface area contributed by atoms with Gasteiger partial charge in [0, 0.05) is 38.4 Å². The van der Waals surface area contributed by atoms with E-state index in [-0.39, 0.29) is 12.5 Å². The standard InChI is InChI=1S/C23H28N4O4/c1-30-19-9-7-18(8-10-19)26-15-13-25(14-16-26)12-4-11-24-22(28)17-27-20-5-2-3-6-21(20)31-23(27)29/h2-3,5-10H,4,11-17H2,1H3,(H,24,28). The van der Waals surface area contributed by atoms with Gasteiger partial charge in [-0.3, -0.25) is 14.3 Å². The van der Waals surface area contributed by atoms with Crippen LogP contribution in [0.3, 0.4) is 0 Å². The number of benzene rings is 2. The van der Waals surface area contributed by atoms with Crippen LogP contribution in [-0.2, 0) is 11.3 Å². The monoisotopic (exact) mass is 424 g/mol. The van der Waals surface area contributed by atoms with E-state index in [4.69, 9.17) is 9.15 Å². The van der Waals surface area contributed by atoms with Gasteiger partial charge in [0.2, 0.25) is 5.91 Å². The number of methoxy groups -OCH3 is 1. The number of hydrogen-bond acceptors (Lipinski definition) is 6. The molecule has 3 aromatic rings. The van der Waals surface area contributed by atoms with Crippen LogP contribution >= 0.6 is 0 Å². The number of amides is 1. The molecule has 2 heterocycles. The minimum Gasteiger partial charge on any atom is -0.497 e. The Labute approximate surface area is 181 Å². The summed E-state index contributed by atoms with van der Waals surface area (Å²) in [5.74, 6) is 0.180. The number of nitrogens with zero attached hydrogens (tertiary/aromatic N) is 3. The van der Waals surface area contributed by atoms with Crippen molar-refractivity contribution in [1.29, 1.82) is 0 Å². The van der Waals surface area contributed by atoms with Gasteiger partial charge in [-0.1, -0.05) is 12.1 Å². The van der Waals surface area contributed by atoms with E-state index in [1.165, 1.54) is 10.3 Å². The molecule has 164 valence electrons. The number of anilines is 1. The van der Waals surface area contributed by atoms with Crippen LogP contribution < -0.4 is 20.7 Å². The smallest absolute Gasteiger partial charge is 0.420 e. The van der Waals surface area contributed by atoms with Crippen molar-refractivity contribution in [2.24, 2.45) is 0 Å². The molecule has 4 rings (SSSR count). The van der Waals surface area contributed by atoms with E-state index in [0.29, 0.717) is 17.6 Å². The lowest BCUT2D eigenvalue weighted by atomic mass is 10.2. The van der Waals surface area contributed by atoms with Crippen LogP contribution in [0.4, 0.5) is 5.69 Å². The van der Waals surface area contributed by atoms with E-state index in [0.717, 1.165) is 44.9 Å². The Bertz CT molecular complexity index is 1070. The maximum atomic E-state index is 12.3. The maximum absolute atomic E-state index is 12.3. The molecule has 31 heavy (non-hydrogen) atoms. The Hall–Kier alpha value is -3.26. The van der Waals surface area contributed by atoms with Crippen molar-refractivity contribution >= 4 is 22.7 Å². The van der Waals surface area contributed by atoms with Crippen molar-refractivity contribution in [1.82, 2.24) is 14.8 Å². The first-order valence-electron chi connectivity index (χ1n) is 10.6. The van der Waals surface area contributed by atoms with E-state index in [2.05, 4.69) is 27.2 Å². The molecular weight excluding hydrogens is 396 g/mol. The lowest BCUT2D eigenvalue weighted by molar-refractivity contribution is -0.121. The molecular formula is C23H28N4O4. The summed E-state index contributed by atoms with van der Waals surface area (Å²) in [7, 11) is 1.68. The van der Waals surface area contributed by atoms with Gasteiger partial charge in [-0.25, -0.2) is 4.79 Å². The van der Waals surface area contributed by atoms with Crippen LogP contribution in [0.1, 0.15) is 6.42 Å². The molecule has 1 amide bonds. The molecule has 0 aliphatic carbocycles. The summed E-state index contributed by atoms with van der Waals surface area (Å²) in [6.45, 7) is 5.45. The van der Waals surface area contributed by atoms with Gasteiger partial charge >= 0.3 is 5.76 Å². The molecule has 1 aliphatic heterocycles. The molecule has 0 bridgehead atoms. The molecule has 0 saturated carbocycles. The molecule has 0 unspecified atom stereocenters. The normalized spacial score (nSPS) is 14.7. The second-order valence-corrected chi connectivity index (χ2v) is 7.65. The fourth-order valence-corrected chi connectivity index (χ4v) is 3.92. The van der Waals surface area contributed by atoms with E-state index in [9.17, 15) is 9.59 Å². The molecule has 1 aliphatic rings. The summed E-state index contributed by atoms with van der Waals surface area (Å²) >= 11 is 0. The minimum atomic E-state index is -0.508. The Morgan fingerprint density at radius 2 is 1.81 bits per heavy atom. The van der Waals surface area contributed by atoms with Gasteiger partial charge in [0.1, 0.15) is 12.3 Å². The summed E-state index contributed by atoms with van der Waals surface area (Å²) < 4.78 is 11.8. The van der Waals surface area contributed by atoms with Gasteiger partial charge in [0.05, 0.1) is 12.6 Å². The van der Waals surface area contributed by atoms with Crippen LogP contribution in [0.25, 0.3) is 11.1 Å². The molecule has 8 heteroatoms. The number of oxazole rings is 1. The molecule has 1 N–H and O–H groups in total. The topological polar surface area (TPSA) is 80.0 Å². The highest BCUT2D eigenvalue weighted by atomic mass is 16.5.